The van der Waals surface area contributed by atoms with Crippen LogP contribution in [0, 0.1) is 0 Å². The predicted molar refractivity (Wildman–Crippen MR) is 62.2 cm³/mol. The second-order valence-electron chi connectivity index (χ2n) is 3.95. The van der Waals surface area contributed by atoms with Crippen molar-refractivity contribution in [1.82, 2.24) is 35.3 Å². The Labute approximate surface area is 99.8 Å². The Kier molecular flexibility index (Phi) is 3.48. The molecule has 0 aromatic carbocycles. The Hall–Kier alpha value is -1.76. The van der Waals surface area contributed by atoms with Crippen LogP contribution < -0.4 is 5.32 Å². The molecule has 7 heteroatoms. The van der Waals surface area contributed by atoms with Crippen LogP contribution in [0.15, 0.2) is 12.4 Å². The molecule has 0 saturated heterocycles. The van der Waals surface area contributed by atoms with E-state index in [9.17, 15) is 0 Å². The summed E-state index contributed by atoms with van der Waals surface area (Å²) in [4.78, 5) is 1.45. The number of nitrogens with zero attached hydrogens (tertiary/aromatic N) is 6. The third-order valence-corrected chi connectivity index (χ3v) is 2.52. The fourth-order valence-electron chi connectivity index (χ4n) is 1.65. The second-order valence-corrected chi connectivity index (χ2v) is 3.95. The molecule has 0 aliphatic carbocycles. The lowest BCUT2D eigenvalue weighted by Crippen LogP contribution is -2.17. The molecule has 0 radical (unpaired) electrons. The maximum Gasteiger partial charge on any atom is 0.196 e. The molecule has 2 rings (SSSR count). The molecule has 1 unspecified atom stereocenters. The van der Waals surface area contributed by atoms with Gasteiger partial charge >= 0.3 is 0 Å². The van der Waals surface area contributed by atoms with E-state index in [1.54, 1.807) is 7.05 Å². The van der Waals surface area contributed by atoms with Gasteiger partial charge in [0.1, 0.15) is 6.54 Å². The molecule has 0 bridgehead atoms. The normalized spacial score (nSPS) is 12.9. The van der Waals surface area contributed by atoms with Crippen LogP contribution in [0.4, 0.5) is 0 Å². The topological polar surface area (TPSA) is 73.5 Å². The van der Waals surface area contributed by atoms with Crippen LogP contribution in [0.2, 0.25) is 0 Å². The first-order valence-corrected chi connectivity index (χ1v) is 5.67. The quantitative estimate of drug-likeness (QED) is 0.797. The van der Waals surface area contributed by atoms with E-state index in [4.69, 9.17) is 0 Å². The van der Waals surface area contributed by atoms with Crippen molar-refractivity contribution in [2.75, 3.05) is 6.54 Å². The molecule has 0 aliphatic rings. The number of tetrazole rings is 1. The first-order chi connectivity index (χ1) is 8.19. The zero-order valence-corrected chi connectivity index (χ0v) is 10.3. The standard InChI is InChI=1S/C10H17N7/c1-4-11-8(2)9-5-12-17(6-9)7-10-13-15-16(3)14-10/h5-6,8,11H,4,7H2,1-3H3. The highest BCUT2D eigenvalue weighted by Crippen LogP contribution is 2.10. The highest BCUT2D eigenvalue weighted by molar-refractivity contribution is 5.09. The van der Waals surface area contributed by atoms with Crippen LogP contribution in [-0.2, 0) is 13.6 Å². The molecule has 7 nitrogen and oxygen atoms in total. The van der Waals surface area contributed by atoms with E-state index in [1.165, 1.54) is 4.80 Å². The Morgan fingerprint density at radius 3 is 2.94 bits per heavy atom. The molecular formula is C10H17N7. The maximum absolute atomic E-state index is 4.28. The van der Waals surface area contributed by atoms with Crippen LogP contribution >= 0.6 is 0 Å². The Morgan fingerprint density at radius 1 is 1.47 bits per heavy atom. The summed E-state index contributed by atoms with van der Waals surface area (Å²) in [6, 6.07) is 0.309. The molecule has 92 valence electrons. The van der Waals surface area contributed by atoms with Crippen LogP contribution in [0.1, 0.15) is 31.3 Å². The molecule has 1 N–H and O–H groups in total. The van der Waals surface area contributed by atoms with Crippen molar-refractivity contribution in [2.24, 2.45) is 7.05 Å². The van der Waals surface area contributed by atoms with Crippen LogP contribution in [0.25, 0.3) is 0 Å². The fraction of sp³-hybridized carbons (Fsp3) is 0.600. The largest absolute Gasteiger partial charge is 0.310 e. The van der Waals surface area contributed by atoms with Gasteiger partial charge in [0.15, 0.2) is 5.82 Å². The molecule has 0 fully saturated rings. The number of aryl methyl sites for hydroxylation is 1. The van der Waals surface area contributed by atoms with E-state index < -0.39 is 0 Å². The molecule has 17 heavy (non-hydrogen) atoms. The molecule has 0 amide bonds. The Balaban J connectivity index is 2.03. The zero-order valence-electron chi connectivity index (χ0n) is 10.3. The van der Waals surface area contributed by atoms with Gasteiger partial charge in [0.05, 0.1) is 13.2 Å². The van der Waals surface area contributed by atoms with Crippen LogP contribution in [0.5, 0.6) is 0 Å². The van der Waals surface area contributed by atoms with Crippen molar-refractivity contribution in [3.8, 4) is 0 Å². The van der Waals surface area contributed by atoms with Crippen LogP contribution in [0.3, 0.4) is 0 Å². The van der Waals surface area contributed by atoms with E-state index in [1.807, 2.05) is 17.1 Å². The van der Waals surface area contributed by atoms with Crippen molar-refractivity contribution in [1.29, 1.82) is 0 Å². The van der Waals surface area contributed by atoms with Gasteiger partial charge < -0.3 is 5.32 Å². The first-order valence-electron chi connectivity index (χ1n) is 5.67. The first kappa shape index (κ1) is 11.7. The number of rotatable bonds is 5. The zero-order chi connectivity index (χ0) is 12.3. The molecule has 2 aromatic heterocycles. The predicted octanol–water partition coefficient (Wildman–Crippen LogP) is 0.125. The summed E-state index contributed by atoms with van der Waals surface area (Å²) in [6.45, 7) is 5.70. The van der Waals surface area contributed by atoms with Gasteiger partial charge in [-0.3, -0.25) is 4.68 Å². The minimum absolute atomic E-state index is 0.309. The highest BCUT2D eigenvalue weighted by Gasteiger charge is 2.08. The minimum atomic E-state index is 0.309. The molecule has 0 spiro atoms. The van der Waals surface area contributed by atoms with Crippen molar-refractivity contribution in [2.45, 2.75) is 26.4 Å². The summed E-state index contributed by atoms with van der Waals surface area (Å²) in [5.74, 6) is 0.665. The van der Waals surface area contributed by atoms with E-state index in [0.717, 1.165) is 12.1 Å². The second kappa shape index (κ2) is 5.05. The summed E-state index contributed by atoms with van der Waals surface area (Å²) in [7, 11) is 1.75. The van der Waals surface area contributed by atoms with E-state index in [0.29, 0.717) is 18.4 Å². The van der Waals surface area contributed by atoms with Gasteiger partial charge in [-0.25, -0.2) is 0 Å². The summed E-state index contributed by atoms with van der Waals surface area (Å²) < 4.78 is 1.82. The molecular weight excluding hydrogens is 218 g/mol. The van der Waals surface area contributed by atoms with Gasteiger partial charge in [0.25, 0.3) is 0 Å². The molecule has 1 atom stereocenters. The smallest absolute Gasteiger partial charge is 0.196 e. The van der Waals surface area contributed by atoms with Gasteiger partial charge in [-0.1, -0.05) is 6.92 Å². The number of hydrogen-bond acceptors (Lipinski definition) is 5. The summed E-state index contributed by atoms with van der Waals surface area (Å²) >= 11 is 0. The summed E-state index contributed by atoms with van der Waals surface area (Å²) in [5, 5.41) is 19.5. The molecule has 0 aliphatic heterocycles. The average molecular weight is 235 g/mol. The monoisotopic (exact) mass is 235 g/mol. The van der Waals surface area contributed by atoms with Crippen molar-refractivity contribution in [3.63, 3.8) is 0 Å². The number of aromatic nitrogens is 6. The minimum Gasteiger partial charge on any atom is -0.310 e. The Morgan fingerprint density at radius 2 is 2.29 bits per heavy atom. The van der Waals surface area contributed by atoms with E-state index in [-0.39, 0.29) is 0 Å². The van der Waals surface area contributed by atoms with Crippen molar-refractivity contribution < 1.29 is 0 Å². The Bertz CT molecular complexity index is 472. The molecule has 0 saturated carbocycles. The SMILES string of the molecule is CCNC(C)c1cnn(Cc2nnn(C)n2)c1. The maximum atomic E-state index is 4.28. The third-order valence-electron chi connectivity index (χ3n) is 2.52. The van der Waals surface area contributed by atoms with Gasteiger partial charge in [-0.05, 0) is 18.7 Å². The summed E-state index contributed by atoms with van der Waals surface area (Å²) in [6.07, 6.45) is 3.87. The van der Waals surface area contributed by atoms with E-state index in [2.05, 4.69) is 39.7 Å². The third kappa shape index (κ3) is 2.88. The average Bonchev–Trinajstić information content (AvgIpc) is 2.89. The lowest BCUT2D eigenvalue weighted by molar-refractivity contribution is 0.594. The van der Waals surface area contributed by atoms with Crippen molar-refractivity contribution >= 4 is 0 Å². The van der Waals surface area contributed by atoms with Crippen LogP contribution in [-0.4, -0.2) is 36.5 Å². The molecule has 2 aromatic rings. The van der Waals surface area contributed by atoms with Gasteiger partial charge in [0.2, 0.25) is 0 Å². The fourth-order valence-corrected chi connectivity index (χ4v) is 1.65. The molecule has 2 heterocycles. The van der Waals surface area contributed by atoms with E-state index >= 15 is 0 Å². The lowest BCUT2D eigenvalue weighted by Gasteiger charge is -2.08. The van der Waals surface area contributed by atoms with Gasteiger partial charge in [0, 0.05) is 17.8 Å². The number of nitrogens with one attached hydrogen (secondary N) is 1. The summed E-state index contributed by atoms with van der Waals surface area (Å²) in [5.41, 5.74) is 1.16. The van der Waals surface area contributed by atoms with Crippen molar-refractivity contribution in [3.05, 3.63) is 23.8 Å². The highest BCUT2D eigenvalue weighted by atomic mass is 15.6. The number of hydrogen-bond donors (Lipinski definition) is 1. The van der Waals surface area contributed by atoms with Gasteiger partial charge in [-0.15, -0.1) is 10.2 Å². The van der Waals surface area contributed by atoms with Gasteiger partial charge in [-0.2, -0.15) is 9.90 Å². The lowest BCUT2D eigenvalue weighted by atomic mass is 10.2.